The van der Waals surface area contributed by atoms with E-state index in [4.69, 9.17) is 4.74 Å². The summed E-state index contributed by atoms with van der Waals surface area (Å²) < 4.78 is 5.08. The maximum atomic E-state index is 11.1. The summed E-state index contributed by atoms with van der Waals surface area (Å²) in [6, 6.07) is 7.46. The van der Waals surface area contributed by atoms with Crippen molar-refractivity contribution >= 4 is 17.7 Å². The van der Waals surface area contributed by atoms with E-state index in [-0.39, 0.29) is 5.97 Å². The maximum Gasteiger partial charge on any atom is 0.321 e. The molecule has 0 unspecified atom stereocenters. The third-order valence-electron chi connectivity index (χ3n) is 1.48. The Labute approximate surface area is 82.3 Å². The van der Waals surface area contributed by atoms with Gasteiger partial charge in [0.25, 0.3) is 0 Å². The molecule has 0 saturated carbocycles. The van der Waals surface area contributed by atoms with Gasteiger partial charge >= 0.3 is 5.97 Å². The van der Waals surface area contributed by atoms with E-state index in [1.54, 1.807) is 6.07 Å². The average Bonchev–Trinajstić information content (AvgIpc) is 2.04. The van der Waals surface area contributed by atoms with Gasteiger partial charge in [-0.05, 0) is 30.9 Å². The SMILES string of the molecule is CSCC(=O)Oc1cccc(C)c1. The van der Waals surface area contributed by atoms with Crippen molar-refractivity contribution < 1.29 is 9.53 Å². The lowest BCUT2D eigenvalue weighted by Gasteiger charge is -2.03. The van der Waals surface area contributed by atoms with Crippen LogP contribution in [0.3, 0.4) is 0 Å². The highest BCUT2D eigenvalue weighted by Gasteiger charge is 2.02. The van der Waals surface area contributed by atoms with E-state index in [0.717, 1.165) is 5.56 Å². The summed E-state index contributed by atoms with van der Waals surface area (Å²) in [4.78, 5) is 11.1. The van der Waals surface area contributed by atoms with Crippen LogP contribution in [0.2, 0.25) is 0 Å². The molecule has 0 heterocycles. The second kappa shape index (κ2) is 4.92. The minimum Gasteiger partial charge on any atom is -0.426 e. The average molecular weight is 196 g/mol. The first-order valence-electron chi connectivity index (χ1n) is 3.98. The van der Waals surface area contributed by atoms with Crippen LogP contribution in [0.4, 0.5) is 0 Å². The van der Waals surface area contributed by atoms with E-state index in [1.807, 2.05) is 31.4 Å². The van der Waals surface area contributed by atoms with E-state index in [1.165, 1.54) is 11.8 Å². The van der Waals surface area contributed by atoms with Gasteiger partial charge in [-0.2, -0.15) is 11.8 Å². The van der Waals surface area contributed by atoms with E-state index in [2.05, 4.69) is 0 Å². The molecular weight excluding hydrogens is 184 g/mol. The number of carbonyl (C=O) groups is 1. The molecule has 70 valence electrons. The van der Waals surface area contributed by atoms with Gasteiger partial charge in [0.2, 0.25) is 0 Å². The fraction of sp³-hybridized carbons (Fsp3) is 0.300. The van der Waals surface area contributed by atoms with Gasteiger partial charge < -0.3 is 4.74 Å². The molecular formula is C10H12O2S. The topological polar surface area (TPSA) is 26.3 Å². The van der Waals surface area contributed by atoms with Gasteiger partial charge in [-0.25, -0.2) is 0 Å². The van der Waals surface area contributed by atoms with Gasteiger partial charge in [-0.3, -0.25) is 4.79 Å². The smallest absolute Gasteiger partial charge is 0.321 e. The Morgan fingerprint density at radius 2 is 2.31 bits per heavy atom. The summed E-state index contributed by atoms with van der Waals surface area (Å²) in [6.07, 6.45) is 1.87. The van der Waals surface area contributed by atoms with Gasteiger partial charge in [0.05, 0.1) is 5.75 Å². The van der Waals surface area contributed by atoms with Crippen LogP contribution in [0.15, 0.2) is 24.3 Å². The number of hydrogen-bond donors (Lipinski definition) is 0. The molecule has 0 amide bonds. The van der Waals surface area contributed by atoms with E-state index >= 15 is 0 Å². The fourth-order valence-corrected chi connectivity index (χ4v) is 1.25. The zero-order chi connectivity index (χ0) is 9.68. The van der Waals surface area contributed by atoms with Crippen molar-refractivity contribution in [1.29, 1.82) is 0 Å². The summed E-state index contributed by atoms with van der Waals surface area (Å²) in [5.74, 6) is 0.825. The highest BCUT2D eigenvalue weighted by atomic mass is 32.2. The summed E-state index contributed by atoms with van der Waals surface area (Å²) >= 11 is 1.46. The number of hydrogen-bond acceptors (Lipinski definition) is 3. The predicted molar refractivity (Wildman–Crippen MR) is 55.2 cm³/mol. The van der Waals surface area contributed by atoms with Crippen LogP contribution < -0.4 is 4.74 Å². The second-order valence-corrected chi connectivity index (χ2v) is 3.59. The van der Waals surface area contributed by atoms with Gasteiger partial charge in [-0.15, -0.1) is 0 Å². The van der Waals surface area contributed by atoms with Gasteiger partial charge in [0, 0.05) is 0 Å². The van der Waals surface area contributed by atoms with Crippen molar-refractivity contribution in [2.75, 3.05) is 12.0 Å². The molecule has 0 fully saturated rings. The van der Waals surface area contributed by atoms with Crippen molar-refractivity contribution in [2.45, 2.75) is 6.92 Å². The molecule has 13 heavy (non-hydrogen) atoms. The van der Waals surface area contributed by atoms with E-state index in [0.29, 0.717) is 11.5 Å². The number of esters is 1. The molecule has 0 N–H and O–H groups in total. The quantitative estimate of drug-likeness (QED) is 0.548. The predicted octanol–water partition coefficient (Wildman–Crippen LogP) is 2.26. The molecule has 1 rings (SSSR count). The Kier molecular flexibility index (Phi) is 3.83. The monoisotopic (exact) mass is 196 g/mol. The number of benzene rings is 1. The molecule has 0 radical (unpaired) electrons. The van der Waals surface area contributed by atoms with Crippen LogP contribution in [0.25, 0.3) is 0 Å². The van der Waals surface area contributed by atoms with Gasteiger partial charge in [0.1, 0.15) is 5.75 Å². The van der Waals surface area contributed by atoms with Gasteiger partial charge in [-0.1, -0.05) is 12.1 Å². The molecule has 2 nitrogen and oxygen atoms in total. The lowest BCUT2D eigenvalue weighted by molar-refractivity contribution is -0.131. The van der Waals surface area contributed by atoms with Crippen LogP contribution >= 0.6 is 11.8 Å². The number of aryl methyl sites for hydroxylation is 1. The Morgan fingerprint density at radius 3 is 2.92 bits per heavy atom. The van der Waals surface area contributed by atoms with Crippen LogP contribution in [0, 0.1) is 6.92 Å². The Morgan fingerprint density at radius 1 is 1.54 bits per heavy atom. The minimum absolute atomic E-state index is 0.196. The molecule has 0 atom stereocenters. The summed E-state index contributed by atoms with van der Waals surface area (Å²) in [5, 5.41) is 0. The molecule has 0 spiro atoms. The number of carbonyl (C=O) groups excluding carboxylic acids is 1. The number of thioether (sulfide) groups is 1. The molecule has 0 aromatic heterocycles. The molecule has 1 aromatic rings. The standard InChI is InChI=1S/C10H12O2S/c1-8-4-3-5-9(6-8)12-10(11)7-13-2/h3-6H,7H2,1-2H3. The molecule has 0 aliphatic carbocycles. The normalized spacial score (nSPS) is 9.69. The minimum atomic E-state index is -0.196. The van der Waals surface area contributed by atoms with Crippen molar-refractivity contribution in [3.05, 3.63) is 29.8 Å². The first-order valence-corrected chi connectivity index (χ1v) is 5.38. The summed E-state index contributed by atoms with van der Waals surface area (Å²) in [6.45, 7) is 1.96. The summed E-state index contributed by atoms with van der Waals surface area (Å²) in [7, 11) is 0. The van der Waals surface area contributed by atoms with Crippen molar-refractivity contribution in [3.63, 3.8) is 0 Å². The van der Waals surface area contributed by atoms with Crippen molar-refractivity contribution in [3.8, 4) is 5.75 Å². The molecule has 3 heteroatoms. The van der Waals surface area contributed by atoms with Crippen LogP contribution in [0.1, 0.15) is 5.56 Å². The van der Waals surface area contributed by atoms with Crippen molar-refractivity contribution in [2.24, 2.45) is 0 Å². The zero-order valence-corrected chi connectivity index (χ0v) is 8.56. The Balaban J connectivity index is 2.58. The highest BCUT2D eigenvalue weighted by Crippen LogP contribution is 2.12. The van der Waals surface area contributed by atoms with Crippen LogP contribution in [-0.2, 0) is 4.79 Å². The highest BCUT2D eigenvalue weighted by molar-refractivity contribution is 7.99. The maximum absolute atomic E-state index is 11.1. The van der Waals surface area contributed by atoms with Crippen molar-refractivity contribution in [1.82, 2.24) is 0 Å². The molecule has 0 aliphatic heterocycles. The third-order valence-corrected chi connectivity index (χ3v) is 2.01. The Bertz CT molecular complexity index is 297. The number of ether oxygens (including phenoxy) is 1. The Hall–Kier alpha value is -0.960. The summed E-state index contributed by atoms with van der Waals surface area (Å²) in [5.41, 5.74) is 1.09. The second-order valence-electron chi connectivity index (χ2n) is 2.72. The van der Waals surface area contributed by atoms with Crippen LogP contribution in [-0.4, -0.2) is 18.0 Å². The molecule has 1 aromatic carbocycles. The zero-order valence-electron chi connectivity index (χ0n) is 7.74. The third kappa shape index (κ3) is 3.51. The first kappa shape index (κ1) is 10.1. The van der Waals surface area contributed by atoms with E-state index in [9.17, 15) is 4.79 Å². The fourth-order valence-electron chi connectivity index (χ4n) is 0.958. The number of rotatable bonds is 3. The molecule has 0 saturated heterocycles. The van der Waals surface area contributed by atoms with Gasteiger partial charge in [0.15, 0.2) is 0 Å². The van der Waals surface area contributed by atoms with Crippen LogP contribution in [0.5, 0.6) is 5.75 Å². The molecule has 0 bridgehead atoms. The lowest BCUT2D eigenvalue weighted by Crippen LogP contribution is -2.10. The van der Waals surface area contributed by atoms with E-state index < -0.39 is 0 Å². The lowest BCUT2D eigenvalue weighted by atomic mass is 10.2. The largest absolute Gasteiger partial charge is 0.426 e. The molecule has 0 aliphatic rings. The first-order chi connectivity index (χ1) is 6.22.